The van der Waals surface area contributed by atoms with Crippen LogP contribution >= 0.6 is 11.3 Å². The smallest absolute Gasteiger partial charge is 0.226 e. The van der Waals surface area contributed by atoms with Gasteiger partial charge in [-0.15, -0.1) is 11.3 Å². The van der Waals surface area contributed by atoms with E-state index in [0.717, 1.165) is 22.0 Å². The van der Waals surface area contributed by atoms with E-state index < -0.39 is 0 Å². The van der Waals surface area contributed by atoms with Gasteiger partial charge in [-0.25, -0.2) is 4.98 Å². The van der Waals surface area contributed by atoms with E-state index >= 15 is 0 Å². The van der Waals surface area contributed by atoms with Gasteiger partial charge in [0.25, 0.3) is 0 Å². The quantitative estimate of drug-likeness (QED) is 0.631. The first-order valence-corrected chi connectivity index (χ1v) is 10.0. The van der Waals surface area contributed by atoms with Crippen LogP contribution in [0.5, 0.6) is 5.75 Å². The number of aromatic nitrogens is 1. The molecule has 0 unspecified atom stereocenters. The average Bonchev–Trinajstić information content (AvgIpc) is 3.17. The second-order valence-corrected chi connectivity index (χ2v) is 7.60. The minimum absolute atomic E-state index is 0.0191. The predicted molar refractivity (Wildman–Crippen MR) is 114 cm³/mol. The standard InChI is InChI=1S/C22H25N3O2S/c1-25(2)20(16-7-5-4-6-8-16)14-23-21(26)13-18-15-28-22(24-18)17-9-11-19(27-3)12-10-17/h4-12,15,20H,13-14H2,1-3H3,(H,23,26)/t20-/m1/s1. The molecule has 0 saturated carbocycles. The lowest BCUT2D eigenvalue weighted by atomic mass is 10.1. The Morgan fingerprint density at radius 1 is 1.14 bits per heavy atom. The summed E-state index contributed by atoms with van der Waals surface area (Å²) in [5.74, 6) is 0.795. The number of carbonyl (C=O) groups is 1. The zero-order valence-corrected chi connectivity index (χ0v) is 17.2. The summed E-state index contributed by atoms with van der Waals surface area (Å²) in [6, 6.07) is 18.1. The molecule has 146 valence electrons. The Hall–Kier alpha value is -2.70. The van der Waals surface area contributed by atoms with Crippen molar-refractivity contribution >= 4 is 17.2 Å². The van der Waals surface area contributed by atoms with Gasteiger partial charge in [0.15, 0.2) is 0 Å². The Kier molecular flexibility index (Phi) is 6.79. The van der Waals surface area contributed by atoms with Gasteiger partial charge in [0.2, 0.25) is 5.91 Å². The Bertz CT molecular complexity index is 892. The molecule has 3 rings (SSSR count). The maximum Gasteiger partial charge on any atom is 0.226 e. The largest absolute Gasteiger partial charge is 0.497 e. The molecule has 1 heterocycles. The Morgan fingerprint density at radius 2 is 1.86 bits per heavy atom. The Balaban J connectivity index is 1.58. The number of likely N-dealkylation sites (N-methyl/N-ethyl adjacent to an activating group) is 1. The van der Waals surface area contributed by atoms with Crippen LogP contribution in [0.2, 0.25) is 0 Å². The number of hydrogen-bond donors (Lipinski definition) is 1. The highest BCUT2D eigenvalue weighted by Crippen LogP contribution is 2.26. The van der Waals surface area contributed by atoms with Gasteiger partial charge in [-0.2, -0.15) is 0 Å². The van der Waals surface area contributed by atoms with Crippen molar-refractivity contribution in [2.45, 2.75) is 12.5 Å². The number of nitrogens with one attached hydrogen (secondary N) is 1. The summed E-state index contributed by atoms with van der Waals surface area (Å²) < 4.78 is 5.18. The number of rotatable bonds is 8. The van der Waals surface area contributed by atoms with Gasteiger partial charge < -0.3 is 15.0 Å². The summed E-state index contributed by atoms with van der Waals surface area (Å²) in [6.45, 7) is 0.561. The van der Waals surface area contributed by atoms with Crippen LogP contribution < -0.4 is 10.1 Å². The topological polar surface area (TPSA) is 54.5 Å². The van der Waals surface area contributed by atoms with Crippen molar-refractivity contribution < 1.29 is 9.53 Å². The highest BCUT2D eigenvalue weighted by Gasteiger charge is 2.16. The molecule has 5 nitrogen and oxygen atoms in total. The fraction of sp³-hybridized carbons (Fsp3) is 0.273. The average molecular weight is 396 g/mol. The van der Waals surface area contributed by atoms with Crippen LogP contribution in [0.1, 0.15) is 17.3 Å². The minimum atomic E-state index is -0.0191. The molecule has 0 aliphatic rings. The maximum absolute atomic E-state index is 12.4. The minimum Gasteiger partial charge on any atom is -0.497 e. The van der Waals surface area contributed by atoms with Crippen LogP contribution in [0.15, 0.2) is 60.0 Å². The molecule has 0 aliphatic carbocycles. The zero-order valence-electron chi connectivity index (χ0n) is 16.4. The molecular weight excluding hydrogens is 370 g/mol. The summed E-state index contributed by atoms with van der Waals surface area (Å²) >= 11 is 1.54. The number of ether oxygens (including phenoxy) is 1. The number of carbonyl (C=O) groups excluding carboxylic acids is 1. The van der Waals surface area contributed by atoms with Crippen molar-refractivity contribution in [1.82, 2.24) is 15.2 Å². The summed E-state index contributed by atoms with van der Waals surface area (Å²) in [7, 11) is 5.69. The van der Waals surface area contributed by atoms with Crippen molar-refractivity contribution in [3.8, 4) is 16.3 Å². The molecule has 2 aromatic carbocycles. The molecule has 0 aliphatic heterocycles. The predicted octanol–water partition coefficient (Wildman–Crippen LogP) is 3.78. The van der Waals surface area contributed by atoms with E-state index in [0.29, 0.717) is 6.54 Å². The van der Waals surface area contributed by atoms with Crippen molar-refractivity contribution in [1.29, 1.82) is 0 Å². The normalized spacial score (nSPS) is 12.0. The number of benzene rings is 2. The van der Waals surface area contributed by atoms with Gasteiger partial charge >= 0.3 is 0 Å². The third kappa shape index (κ3) is 5.18. The third-order valence-electron chi connectivity index (χ3n) is 4.53. The highest BCUT2D eigenvalue weighted by molar-refractivity contribution is 7.13. The summed E-state index contributed by atoms with van der Waals surface area (Å²) in [6.07, 6.45) is 0.279. The van der Waals surface area contributed by atoms with Crippen LogP contribution in [-0.4, -0.2) is 43.5 Å². The molecular formula is C22H25N3O2S. The molecule has 3 aromatic rings. The highest BCUT2D eigenvalue weighted by atomic mass is 32.1. The number of nitrogens with zero attached hydrogens (tertiary/aromatic N) is 2. The van der Waals surface area contributed by atoms with E-state index in [4.69, 9.17) is 4.74 Å². The molecule has 0 fully saturated rings. The first-order chi connectivity index (χ1) is 13.6. The number of hydrogen-bond acceptors (Lipinski definition) is 5. The number of thiazole rings is 1. The van der Waals surface area contributed by atoms with Crippen LogP contribution in [0.4, 0.5) is 0 Å². The summed E-state index contributed by atoms with van der Waals surface area (Å²) in [5, 5.41) is 5.89. The summed E-state index contributed by atoms with van der Waals surface area (Å²) in [4.78, 5) is 19.1. The van der Waals surface area contributed by atoms with Gasteiger partial charge in [-0.3, -0.25) is 4.79 Å². The number of methoxy groups -OCH3 is 1. The first kappa shape index (κ1) is 20.0. The van der Waals surface area contributed by atoms with Crippen LogP contribution in [0.25, 0.3) is 10.6 Å². The lowest BCUT2D eigenvalue weighted by molar-refractivity contribution is -0.120. The fourth-order valence-corrected chi connectivity index (χ4v) is 3.79. The fourth-order valence-electron chi connectivity index (χ4n) is 2.97. The van der Waals surface area contributed by atoms with Gasteiger partial charge in [0, 0.05) is 17.5 Å². The monoisotopic (exact) mass is 395 g/mol. The molecule has 0 saturated heterocycles. The zero-order chi connectivity index (χ0) is 19.9. The second-order valence-electron chi connectivity index (χ2n) is 6.74. The molecule has 1 amide bonds. The van der Waals surface area contributed by atoms with E-state index in [2.05, 4.69) is 27.3 Å². The van der Waals surface area contributed by atoms with E-state index in [9.17, 15) is 4.79 Å². The van der Waals surface area contributed by atoms with Crippen molar-refractivity contribution in [3.05, 3.63) is 71.2 Å². The maximum atomic E-state index is 12.4. The lowest BCUT2D eigenvalue weighted by Gasteiger charge is -2.25. The Labute approximate surface area is 170 Å². The molecule has 0 spiro atoms. The van der Waals surface area contributed by atoms with Crippen LogP contribution in [0.3, 0.4) is 0 Å². The molecule has 1 aromatic heterocycles. The molecule has 1 atom stereocenters. The third-order valence-corrected chi connectivity index (χ3v) is 5.47. The molecule has 0 radical (unpaired) electrons. The lowest BCUT2D eigenvalue weighted by Crippen LogP contribution is -2.35. The van der Waals surface area contributed by atoms with Gasteiger partial charge in [-0.1, -0.05) is 30.3 Å². The van der Waals surface area contributed by atoms with Crippen LogP contribution in [-0.2, 0) is 11.2 Å². The molecule has 0 bridgehead atoms. The van der Waals surface area contributed by atoms with Crippen molar-refractivity contribution in [3.63, 3.8) is 0 Å². The SMILES string of the molecule is COc1ccc(-c2nc(CC(=O)NC[C@H](c3ccccc3)N(C)C)cs2)cc1. The van der Waals surface area contributed by atoms with Gasteiger partial charge in [-0.05, 0) is 43.9 Å². The van der Waals surface area contributed by atoms with Crippen molar-refractivity contribution in [2.75, 3.05) is 27.7 Å². The van der Waals surface area contributed by atoms with E-state index in [1.54, 1.807) is 18.4 Å². The molecule has 6 heteroatoms. The van der Waals surface area contributed by atoms with E-state index in [-0.39, 0.29) is 18.4 Å². The first-order valence-electron chi connectivity index (χ1n) is 9.13. The van der Waals surface area contributed by atoms with Crippen LogP contribution in [0, 0.1) is 0 Å². The number of amides is 1. The summed E-state index contributed by atoms with van der Waals surface area (Å²) in [5.41, 5.74) is 2.99. The molecule has 1 N–H and O–H groups in total. The van der Waals surface area contributed by atoms with Gasteiger partial charge in [0.05, 0.1) is 25.3 Å². The van der Waals surface area contributed by atoms with E-state index in [1.165, 1.54) is 5.56 Å². The Morgan fingerprint density at radius 3 is 2.50 bits per heavy atom. The van der Waals surface area contributed by atoms with E-state index in [1.807, 2.05) is 61.9 Å². The molecule has 28 heavy (non-hydrogen) atoms. The van der Waals surface area contributed by atoms with Gasteiger partial charge in [0.1, 0.15) is 10.8 Å². The second kappa shape index (κ2) is 9.48. The van der Waals surface area contributed by atoms with Crippen molar-refractivity contribution in [2.24, 2.45) is 0 Å².